The quantitative estimate of drug-likeness (QED) is 0.405. The van der Waals surface area contributed by atoms with Crippen LogP contribution in [-0.4, -0.2) is 36.5 Å². The van der Waals surface area contributed by atoms with Gasteiger partial charge in [-0.25, -0.2) is 0 Å². The van der Waals surface area contributed by atoms with Gasteiger partial charge in [-0.2, -0.15) is 4.98 Å². The molecule has 0 radical (unpaired) electrons. The number of hydrogen-bond donors (Lipinski definition) is 0. The Hall–Kier alpha value is -3.20. The second-order valence-electron chi connectivity index (χ2n) is 6.06. The molecule has 0 fully saturated rings. The molecule has 29 heavy (non-hydrogen) atoms. The summed E-state index contributed by atoms with van der Waals surface area (Å²) in [5.74, 6) is 3.31. The summed E-state index contributed by atoms with van der Waals surface area (Å²) in [4.78, 5) is 8.57. The maximum atomic E-state index is 5.56. The van der Waals surface area contributed by atoms with E-state index in [4.69, 9.17) is 9.26 Å². The number of ether oxygens (including phenoxy) is 1. The van der Waals surface area contributed by atoms with Gasteiger partial charge >= 0.3 is 0 Å². The van der Waals surface area contributed by atoms with E-state index in [1.54, 1.807) is 12.4 Å². The minimum Gasteiger partial charge on any atom is -0.494 e. The van der Waals surface area contributed by atoms with Crippen molar-refractivity contribution in [1.29, 1.82) is 0 Å². The van der Waals surface area contributed by atoms with Crippen molar-refractivity contribution >= 4 is 11.8 Å². The van der Waals surface area contributed by atoms with Crippen molar-refractivity contribution in [1.82, 2.24) is 29.9 Å². The van der Waals surface area contributed by atoms with Gasteiger partial charge in [0.25, 0.3) is 0 Å². The zero-order valence-electron chi connectivity index (χ0n) is 16.1. The first-order chi connectivity index (χ1) is 14.3. The van der Waals surface area contributed by atoms with Crippen LogP contribution in [0.5, 0.6) is 5.75 Å². The van der Waals surface area contributed by atoms with Crippen LogP contribution in [0.3, 0.4) is 0 Å². The smallest absolute Gasteiger partial charge is 0.237 e. The van der Waals surface area contributed by atoms with E-state index in [2.05, 4.69) is 25.3 Å². The molecule has 0 spiro atoms. The Kier molecular flexibility index (Phi) is 5.85. The second-order valence-corrected chi connectivity index (χ2v) is 7.00. The molecule has 0 bridgehead atoms. The molecule has 0 aliphatic heterocycles. The number of rotatable bonds is 8. The lowest BCUT2D eigenvalue weighted by atomic mass is 10.2. The molecule has 0 atom stereocenters. The first kappa shape index (κ1) is 19.1. The summed E-state index contributed by atoms with van der Waals surface area (Å²) in [6, 6.07) is 11.7. The molecule has 0 aliphatic rings. The average molecular weight is 408 g/mol. The minimum absolute atomic E-state index is 0.509. The molecular weight excluding hydrogens is 388 g/mol. The van der Waals surface area contributed by atoms with Gasteiger partial charge in [0.05, 0.1) is 12.4 Å². The highest BCUT2D eigenvalue weighted by molar-refractivity contribution is 7.98. The van der Waals surface area contributed by atoms with Crippen molar-refractivity contribution in [2.24, 2.45) is 0 Å². The summed E-state index contributed by atoms with van der Waals surface area (Å²) in [5, 5.41) is 13.5. The van der Waals surface area contributed by atoms with Gasteiger partial charge < -0.3 is 9.26 Å². The maximum Gasteiger partial charge on any atom is 0.237 e. The molecule has 1 aromatic carbocycles. The topological polar surface area (TPSA) is 91.8 Å². The van der Waals surface area contributed by atoms with Crippen LogP contribution >= 0.6 is 11.8 Å². The van der Waals surface area contributed by atoms with Gasteiger partial charge in [-0.3, -0.25) is 9.55 Å². The predicted octanol–water partition coefficient (Wildman–Crippen LogP) is 3.97. The lowest BCUT2D eigenvalue weighted by Gasteiger charge is -2.11. The molecule has 9 heteroatoms. The molecular formula is C20H20N6O2S. The highest BCUT2D eigenvalue weighted by Gasteiger charge is 2.17. The fourth-order valence-electron chi connectivity index (χ4n) is 2.75. The third-order valence-corrected chi connectivity index (χ3v) is 5.02. The number of nitrogens with zero attached hydrogens (tertiary/aromatic N) is 6. The van der Waals surface area contributed by atoms with Gasteiger partial charge in [-0.1, -0.05) is 23.8 Å². The van der Waals surface area contributed by atoms with Crippen molar-refractivity contribution < 1.29 is 9.26 Å². The van der Waals surface area contributed by atoms with Gasteiger partial charge in [0.2, 0.25) is 5.89 Å². The van der Waals surface area contributed by atoms with E-state index < -0.39 is 0 Å². The van der Waals surface area contributed by atoms with Crippen LogP contribution in [0, 0.1) is 0 Å². The minimum atomic E-state index is 0.509. The fourth-order valence-corrected chi connectivity index (χ4v) is 3.54. The molecule has 3 heterocycles. The van der Waals surface area contributed by atoms with Crippen molar-refractivity contribution in [3.05, 3.63) is 60.5 Å². The van der Waals surface area contributed by atoms with Crippen molar-refractivity contribution in [3.63, 3.8) is 0 Å². The second kappa shape index (κ2) is 8.87. The van der Waals surface area contributed by atoms with Gasteiger partial charge in [0.1, 0.15) is 5.75 Å². The average Bonchev–Trinajstić information content (AvgIpc) is 3.40. The van der Waals surface area contributed by atoms with Gasteiger partial charge in [-0.05, 0) is 43.3 Å². The van der Waals surface area contributed by atoms with E-state index in [1.807, 2.05) is 54.8 Å². The molecule has 0 saturated carbocycles. The molecule has 4 rings (SSSR count). The monoisotopic (exact) mass is 408 g/mol. The summed E-state index contributed by atoms with van der Waals surface area (Å²) < 4.78 is 12.8. The Bertz CT molecular complexity index is 1060. The predicted molar refractivity (Wildman–Crippen MR) is 109 cm³/mol. The number of pyridine rings is 1. The van der Waals surface area contributed by atoms with Crippen LogP contribution in [0.15, 0.2) is 58.5 Å². The Morgan fingerprint density at radius 3 is 2.66 bits per heavy atom. The molecule has 148 valence electrons. The number of aromatic nitrogens is 6. The Morgan fingerprint density at radius 1 is 1.10 bits per heavy atom. The Labute approximate surface area is 172 Å². The summed E-state index contributed by atoms with van der Waals surface area (Å²) >= 11 is 1.49. The molecule has 0 amide bonds. The molecule has 4 aromatic rings. The van der Waals surface area contributed by atoms with Gasteiger partial charge in [-0.15, -0.1) is 10.2 Å². The summed E-state index contributed by atoms with van der Waals surface area (Å²) in [7, 11) is 0. The van der Waals surface area contributed by atoms with E-state index in [0.29, 0.717) is 29.9 Å². The van der Waals surface area contributed by atoms with Crippen LogP contribution in [0.25, 0.3) is 17.1 Å². The van der Waals surface area contributed by atoms with E-state index in [-0.39, 0.29) is 0 Å². The fraction of sp³-hybridized carbons (Fsp3) is 0.250. The van der Waals surface area contributed by atoms with Crippen LogP contribution in [0.1, 0.15) is 25.6 Å². The number of thioether (sulfide) groups is 1. The van der Waals surface area contributed by atoms with E-state index in [1.165, 1.54) is 11.8 Å². The third-order valence-electron chi connectivity index (χ3n) is 4.11. The third kappa shape index (κ3) is 4.29. The van der Waals surface area contributed by atoms with Crippen LogP contribution in [0.2, 0.25) is 0 Å². The highest BCUT2D eigenvalue weighted by Crippen LogP contribution is 2.30. The first-order valence-electron chi connectivity index (χ1n) is 9.31. The van der Waals surface area contributed by atoms with Crippen molar-refractivity contribution in [2.75, 3.05) is 6.61 Å². The molecule has 0 unspecified atom stereocenters. The molecule has 3 aromatic heterocycles. The van der Waals surface area contributed by atoms with E-state index in [9.17, 15) is 0 Å². The number of hydrogen-bond acceptors (Lipinski definition) is 8. The Balaban J connectivity index is 1.68. The van der Waals surface area contributed by atoms with Crippen molar-refractivity contribution in [3.8, 4) is 22.8 Å². The summed E-state index contributed by atoms with van der Waals surface area (Å²) in [5.41, 5.74) is 1.81. The molecule has 0 aliphatic carbocycles. The largest absolute Gasteiger partial charge is 0.494 e. The molecule has 8 nitrogen and oxygen atoms in total. The molecule has 0 saturated heterocycles. The standard InChI is InChI=1S/C20H20N6O2S/c1-3-17-22-18(28-25-17)13-29-20-24-23-19(14-6-5-11-21-12-14)26(20)15-7-9-16(10-8-15)27-4-2/h5-12H,3-4,13H2,1-2H3. The van der Waals surface area contributed by atoms with Crippen LogP contribution in [0.4, 0.5) is 0 Å². The van der Waals surface area contributed by atoms with Gasteiger partial charge in [0, 0.05) is 30.1 Å². The van der Waals surface area contributed by atoms with E-state index >= 15 is 0 Å². The van der Waals surface area contributed by atoms with Gasteiger partial charge in [0.15, 0.2) is 16.8 Å². The van der Waals surface area contributed by atoms with Crippen molar-refractivity contribution in [2.45, 2.75) is 31.2 Å². The first-order valence-corrected chi connectivity index (χ1v) is 10.3. The van der Waals surface area contributed by atoms with Crippen LogP contribution in [-0.2, 0) is 12.2 Å². The zero-order valence-corrected chi connectivity index (χ0v) is 17.0. The molecule has 0 N–H and O–H groups in total. The SMILES string of the molecule is CCOc1ccc(-n2c(SCc3nc(CC)no3)nnc2-c2cccnc2)cc1. The Morgan fingerprint density at radius 2 is 1.97 bits per heavy atom. The van der Waals surface area contributed by atoms with E-state index in [0.717, 1.165) is 28.6 Å². The lowest BCUT2D eigenvalue weighted by molar-refractivity contribution is 0.340. The summed E-state index contributed by atoms with van der Waals surface area (Å²) in [6.45, 7) is 4.58. The maximum absolute atomic E-state index is 5.56. The highest BCUT2D eigenvalue weighted by atomic mass is 32.2. The zero-order chi connectivity index (χ0) is 20.1. The number of aryl methyl sites for hydroxylation is 1. The normalized spacial score (nSPS) is 11.0. The lowest BCUT2D eigenvalue weighted by Crippen LogP contribution is -2.00. The summed E-state index contributed by atoms with van der Waals surface area (Å²) in [6.07, 6.45) is 4.24. The van der Waals surface area contributed by atoms with Crippen LogP contribution < -0.4 is 4.74 Å². The number of benzene rings is 1.